The van der Waals surface area contributed by atoms with Gasteiger partial charge >= 0.3 is 0 Å². The van der Waals surface area contributed by atoms with Crippen molar-refractivity contribution in [2.75, 3.05) is 13.1 Å². The number of benzene rings is 1. The molecule has 1 aliphatic heterocycles. The molecule has 2 aromatic rings. The van der Waals surface area contributed by atoms with Crippen LogP contribution in [0, 0.1) is 5.82 Å². The normalized spacial score (nSPS) is 17.1. The minimum Gasteiger partial charge on any atom is -0.315 e. The summed E-state index contributed by atoms with van der Waals surface area (Å²) in [6.45, 7) is 6.91. The summed E-state index contributed by atoms with van der Waals surface area (Å²) in [5.41, 5.74) is 0.857. The zero-order valence-electron chi connectivity index (χ0n) is 13.5. The first-order valence-electron chi connectivity index (χ1n) is 8.11. The largest absolute Gasteiger partial charge is 0.315 e. The molecule has 0 amide bonds. The van der Waals surface area contributed by atoms with Crippen LogP contribution in [0.1, 0.15) is 50.0 Å². The van der Waals surface area contributed by atoms with Gasteiger partial charge in [-0.15, -0.1) is 10.2 Å². The highest BCUT2D eigenvalue weighted by Crippen LogP contribution is 2.29. The Bertz CT molecular complexity index is 662. The summed E-state index contributed by atoms with van der Waals surface area (Å²) < 4.78 is 15.7. The lowest BCUT2D eigenvalue weighted by Gasteiger charge is -2.32. The van der Waals surface area contributed by atoms with Gasteiger partial charge in [-0.2, -0.15) is 0 Å². The van der Waals surface area contributed by atoms with Crippen molar-refractivity contribution in [3.05, 3.63) is 46.8 Å². The molecule has 23 heavy (non-hydrogen) atoms. The molecule has 1 aliphatic rings. The fourth-order valence-electron chi connectivity index (χ4n) is 3.20. The third kappa shape index (κ3) is 3.56. The summed E-state index contributed by atoms with van der Waals surface area (Å²) in [6, 6.07) is 5.39. The van der Waals surface area contributed by atoms with Crippen molar-refractivity contribution in [3.63, 3.8) is 0 Å². The predicted octanol–water partition coefficient (Wildman–Crippen LogP) is 4.03. The number of piperidine rings is 1. The molecule has 0 atom stereocenters. The molecule has 1 aromatic heterocycles. The number of aromatic nitrogens is 3. The summed E-state index contributed by atoms with van der Waals surface area (Å²) in [6.07, 6.45) is 3.90. The van der Waals surface area contributed by atoms with E-state index in [4.69, 9.17) is 11.6 Å². The molecule has 2 heterocycles. The highest BCUT2D eigenvalue weighted by Gasteiger charge is 2.25. The molecule has 4 nitrogen and oxygen atoms in total. The van der Waals surface area contributed by atoms with Gasteiger partial charge < -0.3 is 4.57 Å². The molecule has 0 N–H and O–H groups in total. The minimum absolute atomic E-state index is 0.245. The van der Waals surface area contributed by atoms with Crippen molar-refractivity contribution in [3.8, 4) is 0 Å². The van der Waals surface area contributed by atoms with Gasteiger partial charge in [-0.3, -0.25) is 4.90 Å². The second-order valence-corrected chi connectivity index (χ2v) is 6.83. The lowest BCUT2D eigenvalue weighted by molar-refractivity contribution is 0.199. The van der Waals surface area contributed by atoms with E-state index in [0.717, 1.165) is 37.3 Å². The average Bonchev–Trinajstić information content (AvgIpc) is 3.02. The van der Waals surface area contributed by atoms with E-state index < -0.39 is 0 Å². The van der Waals surface area contributed by atoms with E-state index >= 15 is 0 Å². The van der Waals surface area contributed by atoms with Crippen LogP contribution in [0.2, 0.25) is 5.02 Å². The van der Waals surface area contributed by atoms with Gasteiger partial charge in [0.25, 0.3) is 0 Å². The fourth-order valence-corrected chi connectivity index (χ4v) is 3.39. The zero-order valence-corrected chi connectivity index (χ0v) is 14.3. The van der Waals surface area contributed by atoms with Crippen molar-refractivity contribution in [1.82, 2.24) is 19.7 Å². The molecule has 1 fully saturated rings. The Hall–Kier alpha value is -1.46. The maximum absolute atomic E-state index is 13.5. The summed E-state index contributed by atoms with van der Waals surface area (Å²) in [7, 11) is 0. The molecule has 0 spiro atoms. The van der Waals surface area contributed by atoms with Crippen LogP contribution in [0.15, 0.2) is 24.5 Å². The topological polar surface area (TPSA) is 34.0 Å². The van der Waals surface area contributed by atoms with Gasteiger partial charge in [0.05, 0.1) is 5.02 Å². The Balaban J connectivity index is 1.62. The van der Waals surface area contributed by atoms with E-state index in [1.807, 2.05) is 12.4 Å². The van der Waals surface area contributed by atoms with Gasteiger partial charge in [0.1, 0.15) is 18.0 Å². The minimum atomic E-state index is -0.343. The SMILES string of the molecule is CC(C)n1cnnc1C1CCN(Cc2cccc(F)c2Cl)CC1. The average molecular weight is 337 g/mol. The molecule has 0 unspecified atom stereocenters. The van der Waals surface area contributed by atoms with E-state index in [2.05, 4.69) is 33.5 Å². The molecule has 0 bridgehead atoms. The number of hydrogen-bond acceptors (Lipinski definition) is 3. The molecule has 1 saturated heterocycles. The Kier molecular flexibility index (Phi) is 4.97. The zero-order chi connectivity index (χ0) is 16.4. The van der Waals surface area contributed by atoms with Crippen LogP contribution in [0.3, 0.4) is 0 Å². The molecule has 124 valence electrons. The Morgan fingerprint density at radius 1 is 1.30 bits per heavy atom. The van der Waals surface area contributed by atoms with Crippen LogP contribution in [-0.2, 0) is 6.54 Å². The summed E-state index contributed by atoms with van der Waals surface area (Å²) in [4.78, 5) is 2.33. The van der Waals surface area contributed by atoms with Crippen LogP contribution >= 0.6 is 11.6 Å². The second-order valence-electron chi connectivity index (χ2n) is 6.45. The highest BCUT2D eigenvalue weighted by molar-refractivity contribution is 6.31. The number of hydrogen-bond donors (Lipinski definition) is 0. The van der Waals surface area contributed by atoms with Crippen molar-refractivity contribution in [1.29, 1.82) is 0 Å². The lowest BCUT2D eigenvalue weighted by atomic mass is 9.95. The van der Waals surface area contributed by atoms with E-state index in [0.29, 0.717) is 18.5 Å². The fraction of sp³-hybridized carbons (Fsp3) is 0.529. The van der Waals surface area contributed by atoms with E-state index in [9.17, 15) is 4.39 Å². The smallest absolute Gasteiger partial charge is 0.142 e. The standard InChI is InChI=1S/C17H22ClFN4/c1-12(2)23-11-20-21-17(23)13-6-8-22(9-7-13)10-14-4-3-5-15(19)16(14)18/h3-5,11-13H,6-10H2,1-2H3. The van der Waals surface area contributed by atoms with Crippen LogP contribution in [0.4, 0.5) is 4.39 Å². The molecule has 0 saturated carbocycles. The quantitative estimate of drug-likeness (QED) is 0.845. The first-order chi connectivity index (χ1) is 11.1. The number of likely N-dealkylation sites (tertiary alicyclic amines) is 1. The summed E-state index contributed by atoms with van der Waals surface area (Å²) in [5.74, 6) is 1.19. The predicted molar refractivity (Wildman–Crippen MR) is 89.1 cm³/mol. The van der Waals surface area contributed by atoms with Crippen LogP contribution in [-0.4, -0.2) is 32.8 Å². The van der Waals surface area contributed by atoms with Gasteiger partial charge in [-0.25, -0.2) is 4.39 Å². The van der Waals surface area contributed by atoms with Crippen molar-refractivity contribution < 1.29 is 4.39 Å². The number of nitrogens with zero attached hydrogens (tertiary/aromatic N) is 4. The van der Waals surface area contributed by atoms with Gasteiger partial charge in [0.2, 0.25) is 0 Å². The third-order valence-corrected chi connectivity index (χ3v) is 4.96. The van der Waals surface area contributed by atoms with Gasteiger partial charge in [-0.05, 0) is 51.4 Å². The van der Waals surface area contributed by atoms with Gasteiger partial charge in [0, 0.05) is 18.5 Å². The van der Waals surface area contributed by atoms with Crippen LogP contribution < -0.4 is 0 Å². The van der Waals surface area contributed by atoms with Crippen LogP contribution in [0.25, 0.3) is 0 Å². The Labute approximate surface area is 141 Å². The van der Waals surface area contributed by atoms with E-state index in [-0.39, 0.29) is 10.8 Å². The molecule has 0 radical (unpaired) electrons. The molecule has 0 aliphatic carbocycles. The third-order valence-electron chi connectivity index (χ3n) is 4.54. The maximum atomic E-state index is 13.5. The lowest BCUT2D eigenvalue weighted by Crippen LogP contribution is -2.33. The Morgan fingerprint density at radius 2 is 2.04 bits per heavy atom. The van der Waals surface area contributed by atoms with Gasteiger partial charge in [0.15, 0.2) is 0 Å². The summed E-state index contributed by atoms with van der Waals surface area (Å²) >= 11 is 6.05. The Morgan fingerprint density at radius 3 is 2.74 bits per heavy atom. The molecule has 6 heteroatoms. The van der Waals surface area contributed by atoms with Crippen molar-refractivity contribution >= 4 is 11.6 Å². The first-order valence-corrected chi connectivity index (χ1v) is 8.48. The molecular weight excluding hydrogens is 315 g/mol. The maximum Gasteiger partial charge on any atom is 0.142 e. The van der Waals surface area contributed by atoms with Crippen molar-refractivity contribution in [2.45, 2.75) is 45.2 Å². The first kappa shape index (κ1) is 16.4. The second kappa shape index (κ2) is 6.97. The number of halogens is 2. The van der Waals surface area contributed by atoms with Crippen LogP contribution in [0.5, 0.6) is 0 Å². The highest BCUT2D eigenvalue weighted by atomic mass is 35.5. The monoisotopic (exact) mass is 336 g/mol. The molecule has 1 aromatic carbocycles. The van der Waals surface area contributed by atoms with Gasteiger partial charge in [-0.1, -0.05) is 23.7 Å². The van der Waals surface area contributed by atoms with Crippen molar-refractivity contribution in [2.24, 2.45) is 0 Å². The molecule has 3 rings (SSSR count). The molecular formula is C17H22ClFN4. The van der Waals surface area contributed by atoms with E-state index in [1.165, 1.54) is 6.07 Å². The summed E-state index contributed by atoms with van der Waals surface area (Å²) in [5, 5.41) is 8.63. The number of rotatable bonds is 4. The van der Waals surface area contributed by atoms with E-state index in [1.54, 1.807) is 6.07 Å².